The van der Waals surface area contributed by atoms with E-state index in [9.17, 15) is 9.59 Å². The maximum atomic E-state index is 12.4. The molecule has 0 aliphatic carbocycles. The third-order valence-electron chi connectivity index (χ3n) is 3.33. The number of ether oxygens (including phenoxy) is 1. The van der Waals surface area contributed by atoms with E-state index in [4.69, 9.17) is 12.6 Å². The fourth-order valence-corrected chi connectivity index (χ4v) is 1.99. The summed E-state index contributed by atoms with van der Waals surface area (Å²) in [4.78, 5) is 25.7. The Labute approximate surface area is 133 Å². The van der Waals surface area contributed by atoms with Crippen molar-refractivity contribution in [2.75, 3.05) is 13.2 Å². The van der Waals surface area contributed by atoms with Gasteiger partial charge in [-0.2, -0.15) is 0 Å². The lowest BCUT2D eigenvalue weighted by Gasteiger charge is -2.29. The zero-order chi connectivity index (χ0) is 16.5. The van der Waals surface area contributed by atoms with Gasteiger partial charge in [-0.05, 0) is 31.3 Å². The second-order valence-corrected chi connectivity index (χ2v) is 4.98. The SMILES string of the molecule is [B]/C(=C/C)C(=O)N(CC(=O)OCCC)C(C)c1ccccc1. The predicted octanol–water partition coefficient (Wildman–Crippen LogP) is 2.60. The topological polar surface area (TPSA) is 46.6 Å². The first-order chi connectivity index (χ1) is 10.5. The number of nitrogens with zero attached hydrogens (tertiary/aromatic N) is 1. The molecule has 0 saturated heterocycles. The molecular weight excluding hydrogens is 277 g/mol. The smallest absolute Gasteiger partial charge is 0.325 e. The highest BCUT2D eigenvalue weighted by Gasteiger charge is 2.24. The van der Waals surface area contributed by atoms with Crippen LogP contribution in [0.5, 0.6) is 0 Å². The van der Waals surface area contributed by atoms with E-state index >= 15 is 0 Å². The molecule has 4 nitrogen and oxygen atoms in total. The number of hydrogen-bond donors (Lipinski definition) is 0. The Balaban J connectivity index is 2.96. The monoisotopic (exact) mass is 299 g/mol. The predicted molar refractivity (Wildman–Crippen MR) is 87.3 cm³/mol. The van der Waals surface area contributed by atoms with Crippen molar-refractivity contribution in [2.45, 2.75) is 33.2 Å². The summed E-state index contributed by atoms with van der Waals surface area (Å²) in [6, 6.07) is 9.23. The second kappa shape index (κ2) is 9.08. The standard InChI is InChI=1S/C17H22BNO3/c1-4-11-22-16(20)12-19(17(21)15(18)5-2)13(3)14-9-7-6-8-10-14/h5-10,13H,4,11-12H2,1-3H3/b15-5+. The lowest BCUT2D eigenvalue weighted by molar-refractivity contribution is -0.149. The van der Waals surface area contributed by atoms with Crippen LogP contribution in [0.25, 0.3) is 0 Å². The van der Waals surface area contributed by atoms with Crippen LogP contribution in [0.2, 0.25) is 0 Å². The fourth-order valence-electron chi connectivity index (χ4n) is 1.99. The number of amides is 1. The lowest BCUT2D eigenvalue weighted by Crippen LogP contribution is -2.39. The summed E-state index contributed by atoms with van der Waals surface area (Å²) >= 11 is 0. The summed E-state index contributed by atoms with van der Waals surface area (Å²) in [5.74, 6) is -0.797. The molecule has 2 radical (unpaired) electrons. The first-order valence-electron chi connectivity index (χ1n) is 7.44. The van der Waals surface area contributed by atoms with Gasteiger partial charge in [-0.3, -0.25) is 9.59 Å². The van der Waals surface area contributed by atoms with Crippen molar-refractivity contribution in [3.8, 4) is 0 Å². The van der Waals surface area contributed by atoms with Gasteiger partial charge in [-0.25, -0.2) is 0 Å². The highest BCUT2D eigenvalue weighted by atomic mass is 16.5. The van der Waals surface area contributed by atoms with E-state index in [1.165, 1.54) is 11.0 Å². The first-order valence-corrected chi connectivity index (χ1v) is 7.44. The third kappa shape index (κ3) is 5.06. The molecular formula is C17H22BNO3. The molecule has 5 heteroatoms. The maximum absolute atomic E-state index is 12.4. The van der Waals surface area contributed by atoms with Crippen molar-refractivity contribution in [3.05, 3.63) is 47.4 Å². The van der Waals surface area contributed by atoms with Crippen LogP contribution in [0.3, 0.4) is 0 Å². The molecule has 1 aromatic rings. The number of rotatable bonds is 7. The molecule has 1 unspecified atom stereocenters. The van der Waals surface area contributed by atoms with Gasteiger partial charge in [-0.1, -0.05) is 43.3 Å². The average Bonchev–Trinajstić information content (AvgIpc) is 2.56. The Hall–Kier alpha value is -2.04. The molecule has 1 amide bonds. The summed E-state index contributed by atoms with van der Waals surface area (Å²) < 4.78 is 5.08. The molecule has 0 fully saturated rings. The quantitative estimate of drug-likeness (QED) is 0.442. The van der Waals surface area contributed by atoms with Crippen LogP contribution in [-0.4, -0.2) is 37.8 Å². The Morgan fingerprint density at radius 1 is 1.32 bits per heavy atom. The molecule has 0 spiro atoms. The number of carbonyl (C=O) groups is 2. The summed E-state index contributed by atoms with van der Waals surface area (Å²) in [7, 11) is 5.73. The van der Waals surface area contributed by atoms with Crippen LogP contribution < -0.4 is 0 Å². The summed E-state index contributed by atoms with van der Waals surface area (Å²) in [5.41, 5.74) is 1.05. The van der Waals surface area contributed by atoms with Crippen molar-refractivity contribution < 1.29 is 14.3 Å². The fraction of sp³-hybridized carbons (Fsp3) is 0.412. The van der Waals surface area contributed by atoms with Crippen molar-refractivity contribution in [1.29, 1.82) is 0 Å². The molecule has 1 atom stereocenters. The van der Waals surface area contributed by atoms with Crippen LogP contribution in [0.1, 0.15) is 38.8 Å². The normalized spacial score (nSPS) is 12.6. The molecule has 22 heavy (non-hydrogen) atoms. The van der Waals surface area contributed by atoms with Gasteiger partial charge in [0.1, 0.15) is 14.4 Å². The molecule has 0 aromatic heterocycles. The van der Waals surface area contributed by atoms with E-state index in [1.807, 2.05) is 44.2 Å². The van der Waals surface area contributed by atoms with Crippen LogP contribution in [0.15, 0.2) is 41.9 Å². The number of benzene rings is 1. The minimum Gasteiger partial charge on any atom is -0.464 e. The lowest BCUT2D eigenvalue weighted by atomic mass is 9.93. The van der Waals surface area contributed by atoms with E-state index in [-0.39, 0.29) is 24.0 Å². The Morgan fingerprint density at radius 3 is 2.50 bits per heavy atom. The van der Waals surface area contributed by atoms with E-state index in [1.54, 1.807) is 6.92 Å². The van der Waals surface area contributed by atoms with Gasteiger partial charge in [0.15, 0.2) is 0 Å². The molecule has 0 heterocycles. The largest absolute Gasteiger partial charge is 0.464 e. The Morgan fingerprint density at radius 2 is 1.95 bits per heavy atom. The number of allylic oxidation sites excluding steroid dienone is 1. The minimum absolute atomic E-state index is 0.117. The molecule has 0 saturated carbocycles. The maximum Gasteiger partial charge on any atom is 0.325 e. The molecule has 116 valence electrons. The second-order valence-electron chi connectivity index (χ2n) is 4.98. The summed E-state index contributed by atoms with van der Waals surface area (Å²) in [6.07, 6.45) is 2.27. The highest BCUT2D eigenvalue weighted by Crippen LogP contribution is 2.21. The summed E-state index contributed by atoms with van der Waals surface area (Å²) in [6.45, 7) is 5.70. The van der Waals surface area contributed by atoms with Crippen LogP contribution in [-0.2, 0) is 14.3 Å². The average molecular weight is 299 g/mol. The van der Waals surface area contributed by atoms with Crippen LogP contribution in [0.4, 0.5) is 0 Å². The van der Waals surface area contributed by atoms with E-state index in [2.05, 4.69) is 0 Å². The van der Waals surface area contributed by atoms with E-state index in [0.29, 0.717) is 6.61 Å². The first kappa shape index (κ1) is 18.0. The molecule has 0 aliphatic heterocycles. The Kier molecular flexibility index (Phi) is 7.43. The van der Waals surface area contributed by atoms with Crippen LogP contribution >= 0.6 is 0 Å². The minimum atomic E-state index is -0.429. The zero-order valence-electron chi connectivity index (χ0n) is 13.4. The van der Waals surface area contributed by atoms with Gasteiger partial charge >= 0.3 is 5.97 Å². The van der Waals surface area contributed by atoms with Crippen molar-refractivity contribution in [2.24, 2.45) is 0 Å². The van der Waals surface area contributed by atoms with Gasteiger partial charge in [0.25, 0.3) is 0 Å². The Bertz CT molecular complexity index is 528. The molecule has 0 bridgehead atoms. The van der Waals surface area contributed by atoms with Crippen molar-refractivity contribution in [3.63, 3.8) is 0 Å². The molecule has 1 aromatic carbocycles. The van der Waals surface area contributed by atoms with Gasteiger partial charge in [-0.15, -0.1) is 0 Å². The number of hydrogen-bond acceptors (Lipinski definition) is 3. The van der Waals surface area contributed by atoms with Gasteiger partial charge < -0.3 is 9.64 Å². The molecule has 0 aliphatic rings. The van der Waals surface area contributed by atoms with E-state index < -0.39 is 5.97 Å². The molecule has 0 N–H and O–H groups in total. The van der Waals surface area contributed by atoms with Gasteiger partial charge in [0, 0.05) is 0 Å². The van der Waals surface area contributed by atoms with Gasteiger partial charge in [0.2, 0.25) is 5.91 Å². The summed E-state index contributed by atoms with van der Waals surface area (Å²) in [5, 5.41) is 0. The van der Waals surface area contributed by atoms with Gasteiger partial charge in [0.05, 0.1) is 12.6 Å². The van der Waals surface area contributed by atoms with Crippen molar-refractivity contribution >= 4 is 19.7 Å². The van der Waals surface area contributed by atoms with Crippen LogP contribution in [0, 0.1) is 0 Å². The number of carbonyl (C=O) groups excluding carboxylic acids is 2. The zero-order valence-corrected chi connectivity index (χ0v) is 13.4. The third-order valence-corrected chi connectivity index (χ3v) is 3.33. The van der Waals surface area contributed by atoms with E-state index in [0.717, 1.165) is 12.0 Å². The van der Waals surface area contributed by atoms with Crippen molar-refractivity contribution in [1.82, 2.24) is 4.90 Å². The highest BCUT2D eigenvalue weighted by molar-refractivity contribution is 6.36. The molecule has 1 rings (SSSR count). The number of esters is 1.